The SMILES string of the molecule is Cn1ccnc1CC(NN)c1ccc(Cl)cc1Br. The van der Waals surface area contributed by atoms with Crippen LogP contribution in [0.15, 0.2) is 35.1 Å². The summed E-state index contributed by atoms with van der Waals surface area (Å²) in [5.74, 6) is 6.61. The molecular weight excluding hydrogens is 316 g/mol. The molecule has 96 valence electrons. The van der Waals surface area contributed by atoms with Gasteiger partial charge in [-0.15, -0.1) is 0 Å². The average Bonchev–Trinajstić information content (AvgIpc) is 2.73. The second-order valence-corrected chi connectivity index (χ2v) is 5.33. The zero-order valence-electron chi connectivity index (χ0n) is 9.90. The fraction of sp³-hybridized carbons (Fsp3) is 0.250. The second kappa shape index (κ2) is 5.84. The summed E-state index contributed by atoms with van der Waals surface area (Å²) in [7, 11) is 1.97. The molecule has 0 saturated carbocycles. The maximum atomic E-state index is 5.93. The summed E-state index contributed by atoms with van der Waals surface area (Å²) in [4.78, 5) is 4.30. The summed E-state index contributed by atoms with van der Waals surface area (Å²) in [6, 6.07) is 5.65. The molecule has 3 N–H and O–H groups in total. The van der Waals surface area contributed by atoms with Crippen molar-refractivity contribution in [3.63, 3.8) is 0 Å². The van der Waals surface area contributed by atoms with Crippen molar-refractivity contribution in [2.24, 2.45) is 12.9 Å². The van der Waals surface area contributed by atoms with Gasteiger partial charge in [-0.05, 0) is 17.7 Å². The Morgan fingerprint density at radius 3 is 2.89 bits per heavy atom. The first-order valence-corrected chi connectivity index (χ1v) is 6.66. The maximum absolute atomic E-state index is 5.93. The van der Waals surface area contributed by atoms with Crippen LogP contribution in [0.1, 0.15) is 17.4 Å². The Kier molecular flexibility index (Phi) is 4.40. The number of imidazole rings is 1. The van der Waals surface area contributed by atoms with Crippen LogP contribution in [0.4, 0.5) is 0 Å². The van der Waals surface area contributed by atoms with Crippen molar-refractivity contribution in [1.82, 2.24) is 15.0 Å². The van der Waals surface area contributed by atoms with Gasteiger partial charge in [-0.3, -0.25) is 11.3 Å². The molecule has 2 rings (SSSR count). The number of aromatic nitrogens is 2. The lowest BCUT2D eigenvalue weighted by Gasteiger charge is -2.17. The summed E-state index contributed by atoms with van der Waals surface area (Å²) in [5, 5.41) is 0.693. The van der Waals surface area contributed by atoms with E-state index in [1.165, 1.54) is 0 Å². The quantitative estimate of drug-likeness (QED) is 0.669. The molecule has 0 spiro atoms. The van der Waals surface area contributed by atoms with Crippen LogP contribution in [0.3, 0.4) is 0 Å². The molecule has 1 unspecified atom stereocenters. The number of rotatable bonds is 4. The van der Waals surface area contributed by atoms with Gasteiger partial charge in [0, 0.05) is 35.4 Å². The predicted molar refractivity (Wildman–Crippen MR) is 76.1 cm³/mol. The van der Waals surface area contributed by atoms with E-state index in [4.69, 9.17) is 17.4 Å². The molecular formula is C12H14BrClN4. The zero-order valence-corrected chi connectivity index (χ0v) is 12.2. The first-order chi connectivity index (χ1) is 8.61. The number of aryl methyl sites for hydroxylation is 1. The normalized spacial score (nSPS) is 12.7. The molecule has 1 aromatic carbocycles. The van der Waals surface area contributed by atoms with E-state index in [0.717, 1.165) is 15.9 Å². The molecule has 0 aliphatic heterocycles. The molecule has 0 radical (unpaired) electrons. The third kappa shape index (κ3) is 2.92. The number of hydrogen-bond acceptors (Lipinski definition) is 3. The summed E-state index contributed by atoms with van der Waals surface area (Å²) in [6.07, 6.45) is 4.40. The Balaban J connectivity index is 2.26. The van der Waals surface area contributed by atoms with E-state index in [9.17, 15) is 0 Å². The fourth-order valence-corrected chi connectivity index (χ4v) is 2.78. The van der Waals surface area contributed by atoms with Crippen LogP contribution in [0, 0.1) is 0 Å². The first kappa shape index (κ1) is 13.5. The van der Waals surface area contributed by atoms with E-state index < -0.39 is 0 Å². The highest BCUT2D eigenvalue weighted by Gasteiger charge is 2.16. The van der Waals surface area contributed by atoms with E-state index >= 15 is 0 Å². The van der Waals surface area contributed by atoms with Crippen LogP contribution in [0.2, 0.25) is 5.02 Å². The van der Waals surface area contributed by atoms with Crippen LogP contribution in [0.25, 0.3) is 0 Å². The fourth-order valence-electron chi connectivity index (χ4n) is 1.82. The smallest absolute Gasteiger partial charge is 0.110 e. The predicted octanol–water partition coefficient (Wildman–Crippen LogP) is 2.58. The maximum Gasteiger partial charge on any atom is 0.110 e. The number of benzene rings is 1. The molecule has 2 aromatic rings. The minimum Gasteiger partial charge on any atom is -0.338 e. The Morgan fingerprint density at radius 1 is 1.56 bits per heavy atom. The largest absolute Gasteiger partial charge is 0.338 e. The van der Waals surface area contributed by atoms with Gasteiger partial charge < -0.3 is 4.57 Å². The summed E-state index contributed by atoms with van der Waals surface area (Å²) >= 11 is 9.44. The lowest BCUT2D eigenvalue weighted by molar-refractivity contribution is 0.528. The van der Waals surface area contributed by atoms with Crippen molar-refractivity contribution in [2.75, 3.05) is 0 Å². The highest BCUT2D eigenvalue weighted by atomic mass is 79.9. The lowest BCUT2D eigenvalue weighted by atomic mass is 10.0. The van der Waals surface area contributed by atoms with Crippen LogP contribution in [-0.2, 0) is 13.5 Å². The molecule has 0 aliphatic carbocycles. The molecule has 18 heavy (non-hydrogen) atoms. The van der Waals surface area contributed by atoms with E-state index in [-0.39, 0.29) is 6.04 Å². The van der Waals surface area contributed by atoms with Gasteiger partial charge >= 0.3 is 0 Å². The minimum atomic E-state index is -0.0160. The van der Waals surface area contributed by atoms with Gasteiger partial charge in [-0.2, -0.15) is 0 Å². The van der Waals surface area contributed by atoms with E-state index in [1.807, 2.05) is 36.0 Å². The summed E-state index contributed by atoms with van der Waals surface area (Å²) in [5.41, 5.74) is 3.88. The number of hydrazine groups is 1. The van der Waals surface area contributed by atoms with Crippen molar-refractivity contribution >= 4 is 27.5 Å². The van der Waals surface area contributed by atoms with Crippen molar-refractivity contribution in [3.05, 3.63) is 51.5 Å². The number of hydrogen-bond donors (Lipinski definition) is 2. The van der Waals surface area contributed by atoms with E-state index in [2.05, 4.69) is 26.3 Å². The third-order valence-corrected chi connectivity index (χ3v) is 3.77. The molecule has 6 heteroatoms. The van der Waals surface area contributed by atoms with Crippen molar-refractivity contribution < 1.29 is 0 Å². The Labute approximate surface area is 119 Å². The topological polar surface area (TPSA) is 55.9 Å². The van der Waals surface area contributed by atoms with Gasteiger partial charge in [-0.25, -0.2) is 4.98 Å². The molecule has 1 aromatic heterocycles. The standard InChI is InChI=1S/C12H14BrClN4/c1-18-5-4-16-12(18)7-11(17-15)9-3-2-8(14)6-10(9)13/h2-6,11,17H,7,15H2,1H3. The minimum absolute atomic E-state index is 0.0160. The van der Waals surface area contributed by atoms with Gasteiger partial charge in [0.1, 0.15) is 5.82 Å². The van der Waals surface area contributed by atoms with Gasteiger partial charge in [0.25, 0.3) is 0 Å². The van der Waals surface area contributed by atoms with E-state index in [1.54, 1.807) is 6.20 Å². The summed E-state index contributed by atoms with van der Waals surface area (Å²) in [6.45, 7) is 0. The van der Waals surface area contributed by atoms with Gasteiger partial charge in [0.05, 0.1) is 6.04 Å². The molecule has 0 fully saturated rings. The number of nitrogens with zero attached hydrogens (tertiary/aromatic N) is 2. The van der Waals surface area contributed by atoms with Crippen LogP contribution >= 0.6 is 27.5 Å². The first-order valence-electron chi connectivity index (χ1n) is 5.49. The van der Waals surface area contributed by atoms with E-state index in [0.29, 0.717) is 11.4 Å². The Hall–Kier alpha value is -0.880. The highest BCUT2D eigenvalue weighted by molar-refractivity contribution is 9.10. The van der Waals surface area contributed by atoms with Crippen LogP contribution in [0.5, 0.6) is 0 Å². The number of nitrogens with one attached hydrogen (secondary N) is 1. The second-order valence-electron chi connectivity index (χ2n) is 4.04. The highest BCUT2D eigenvalue weighted by Crippen LogP contribution is 2.28. The van der Waals surface area contributed by atoms with Gasteiger partial charge in [-0.1, -0.05) is 33.6 Å². The van der Waals surface area contributed by atoms with Crippen molar-refractivity contribution in [2.45, 2.75) is 12.5 Å². The molecule has 0 amide bonds. The Bertz CT molecular complexity index is 541. The van der Waals surface area contributed by atoms with Gasteiger partial charge in [0.15, 0.2) is 0 Å². The van der Waals surface area contributed by atoms with Crippen molar-refractivity contribution in [1.29, 1.82) is 0 Å². The molecule has 4 nitrogen and oxygen atoms in total. The van der Waals surface area contributed by atoms with Crippen LogP contribution in [-0.4, -0.2) is 9.55 Å². The summed E-state index contributed by atoms with van der Waals surface area (Å²) < 4.78 is 2.92. The molecule has 1 atom stereocenters. The number of halogens is 2. The molecule has 0 saturated heterocycles. The average molecular weight is 330 g/mol. The lowest BCUT2D eigenvalue weighted by Crippen LogP contribution is -2.30. The molecule has 0 bridgehead atoms. The number of nitrogens with two attached hydrogens (primary N) is 1. The van der Waals surface area contributed by atoms with Crippen LogP contribution < -0.4 is 11.3 Å². The Morgan fingerprint density at radius 2 is 2.33 bits per heavy atom. The van der Waals surface area contributed by atoms with Crippen molar-refractivity contribution in [3.8, 4) is 0 Å². The third-order valence-electron chi connectivity index (χ3n) is 2.85. The zero-order chi connectivity index (χ0) is 13.1. The van der Waals surface area contributed by atoms with Gasteiger partial charge in [0.2, 0.25) is 0 Å². The molecule has 0 aliphatic rings. The monoisotopic (exact) mass is 328 g/mol. The molecule has 1 heterocycles.